The topological polar surface area (TPSA) is 35.5 Å². The van der Waals surface area contributed by atoms with Gasteiger partial charge < -0.3 is 15.3 Å². The van der Waals surface area contributed by atoms with Gasteiger partial charge in [0.1, 0.15) is 0 Å². The Morgan fingerprint density at radius 2 is 2.06 bits per heavy atom. The number of nitrogens with one attached hydrogen (secondary N) is 1. The second-order valence-electron chi connectivity index (χ2n) is 5.83. The third kappa shape index (κ3) is 4.57. The van der Waals surface area contributed by atoms with E-state index in [4.69, 9.17) is 0 Å². The summed E-state index contributed by atoms with van der Waals surface area (Å²) in [6.07, 6.45) is 8.01. The first-order valence-corrected chi connectivity index (χ1v) is 7.41. The Hall–Kier alpha value is -0.120. The maximum absolute atomic E-state index is 9.41. The van der Waals surface area contributed by atoms with Gasteiger partial charge >= 0.3 is 0 Å². The van der Waals surface area contributed by atoms with Gasteiger partial charge in [0.2, 0.25) is 0 Å². The normalized spacial score (nSPS) is 28.9. The molecule has 1 saturated carbocycles. The summed E-state index contributed by atoms with van der Waals surface area (Å²) in [6.45, 7) is 6.07. The number of nitrogens with zero attached hydrogens (tertiary/aromatic N) is 1. The van der Waals surface area contributed by atoms with Crippen molar-refractivity contribution in [1.82, 2.24) is 10.2 Å². The highest BCUT2D eigenvalue weighted by molar-refractivity contribution is 4.86. The third-order valence-corrected chi connectivity index (χ3v) is 4.27. The fourth-order valence-electron chi connectivity index (χ4n) is 2.87. The van der Waals surface area contributed by atoms with Gasteiger partial charge in [0.15, 0.2) is 0 Å². The van der Waals surface area contributed by atoms with E-state index in [0.717, 1.165) is 12.5 Å². The molecular formula is C14H28N2O. The Morgan fingerprint density at radius 3 is 2.71 bits per heavy atom. The lowest BCUT2D eigenvalue weighted by atomic mass is 9.98. The number of likely N-dealkylation sites (tertiary alicyclic amines) is 1. The van der Waals surface area contributed by atoms with Gasteiger partial charge in [-0.15, -0.1) is 0 Å². The zero-order chi connectivity index (χ0) is 12.1. The molecule has 2 fully saturated rings. The molecule has 17 heavy (non-hydrogen) atoms. The second kappa shape index (κ2) is 6.72. The first kappa shape index (κ1) is 13.3. The van der Waals surface area contributed by atoms with Crippen molar-refractivity contribution in [1.29, 1.82) is 0 Å². The highest BCUT2D eigenvalue weighted by atomic mass is 16.3. The molecule has 2 rings (SSSR count). The van der Waals surface area contributed by atoms with Crippen LogP contribution in [-0.2, 0) is 0 Å². The molecular weight excluding hydrogens is 212 g/mol. The molecule has 3 nitrogen and oxygen atoms in total. The molecule has 0 radical (unpaired) electrons. The summed E-state index contributed by atoms with van der Waals surface area (Å²) in [6, 6.07) is 0.989. The molecule has 2 N–H and O–H groups in total. The van der Waals surface area contributed by atoms with E-state index in [9.17, 15) is 5.11 Å². The molecule has 2 unspecified atom stereocenters. The largest absolute Gasteiger partial charge is 0.395 e. The highest BCUT2D eigenvalue weighted by Gasteiger charge is 2.25. The summed E-state index contributed by atoms with van der Waals surface area (Å²) in [5, 5.41) is 13.0. The van der Waals surface area contributed by atoms with E-state index in [2.05, 4.69) is 17.1 Å². The van der Waals surface area contributed by atoms with Gasteiger partial charge in [-0.3, -0.25) is 0 Å². The molecule has 0 aromatic rings. The van der Waals surface area contributed by atoms with E-state index in [1.807, 2.05) is 0 Å². The third-order valence-electron chi connectivity index (χ3n) is 4.27. The van der Waals surface area contributed by atoms with Crippen molar-refractivity contribution in [2.75, 3.05) is 26.2 Å². The van der Waals surface area contributed by atoms with E-state index in [-0.39, 0.29) is 6.61 Å². The summed E-state index contributed by atoms with van der Waals surface area (Å²) in [7, 11) is 0. The van der Waals surface area contributed by atoms with E-state index >= 15 is 0 Å². The Bertz CT molecular complexity index is 218. The van der Waals surface area contributed by atoms with Crippen LogP contribution < -0.4 is 5.32 Å². The average Bonchev–Trinajstić information content (AvgIpc) is 3.15. The minimum atomic E-state index is 0.282. The van der Waals surface area contributed by atoms with E-state index in [1.54, 1.807) is 0 Å². The van der Waals surface area contributed by atoms with Gasteiger partial charge in [0.05, 0.1) is 6.61 Å². The van der Waals surface area contributed by atoms with Crippen LogP contribution in [0.2, 0.25) is 0 Å². The van der Waals surface area contributed by atoms with Crippen molar-refractivity contribution < 1.29 is 5.11 Å². The molecule has 1 aliphatic heterocycles. The van der Waals surface area contributed by atoms with E-state index in [1.165, 1.54) is 51.6 Å². The van der Waals surface area contributed by atoms with Gasteiger partial charge in [-0.05, 0) is 51.1 Å². The molecule has 0 amide bonds. The van der Waals surface area contributed by atoms with Crippen LogP contribution in [-0.4, -0.2) is 48.3 Å². The molecule has 3 heteroatoms. The van der Waals surface area contributed by atoms with Crippen LogP contribution in [0.5, 0.6) is 0 Å². The van der Waals surface area contributed by atoms with Crippen LogP contribution in [0.1, 0.15) is 45.4 Å². The van der Waals surface area contributed by atoms with Gasteiger partial charge in [-0.1, -0.05) is 13.3 Å². The van der Waals surface area contributed by atoms with Gasteiger partial charge in [-0.25, -0.2) is 0 Å². The van der Waals surface area contributed by atoms with Crippen molar-refractivity contribution in [3.8, 4) is 0 Å². The predicted molar refractivity (Wildman–Crippen MR) is 71.1 cm³/mol. The van der Waals surface area contributed by atoms with Crippen LogP contribution in [0.3, 0.4) is 0 Å². The molecule has 2 aliphatic rings. The summed E-state index contributed by atoms with van der Waals surface area (Å²) in [5.74, 6) is 0.934. The number of aliphatic hydroxyl groups excluding tert-OH is 1. The molecule has 0 spiro atoms. The Balaban J connectivity index is 1.72. The molecule has 0 bridgehead atoms. The average molecular weight is 240 g/mol. The lowest BCUT2D eigenvalue weighted by Gasteiger charge is -2.26. The predicted octanol–water partition coefficient (Wildman–Crippen LogP) is 1.61. The Kier molecular flexibility index (Phi) is 5.26. The number of hydrogen-bond acceptors (Lipinski definition) is 3. The smallest absolute Gasteiger partial charge is 0.0597 e. The monoisotopic (exact) mass is 240 g/mol. The van der Waals surface area contributed by atoms with Crippen molar-refractivity contribution in [3.05, 3.63) is 0 Å². The second-order valence-corrected chi connectivity index (χ2v) is 5.83. The minimum absolute atomic E-state index is 0.282. The van der Waals surface area contributed by atoms with Crippen LogP contribution in [0, 0.1) is 5.92 Å². The summed E-state index contributed by atoms with van der Waals surface area (Å²) in [5.41, 5.74) is 0. The fraction of sp³-hybridized carbons (Fsp3) is 1.00. The Labute approximate surface area is 106 Å². The molecule has 2 atom stereocenters. The van der Waals surface area contributed by atoms with Crippen LogP contribution >= 0.6 is 0 Å². The van der Waals surface area contributed by atoms with Gasteiger partial charge in [0, 0.05) is 18.6 Å². The molecule has 0 aromatic heterocycles. The van der Waals surface area contributed by atoms with Crippen molar-refractivity contribution in [3.63, 3.8) is 0 Å². The van der Waals surface area contributed by atoms with Crippen LogP contribution in [0.15, 0.2) is 0 Å². The SMILES string of the molecule is CCC1CCCN(CC(CO)NC2CC2)CC1. The van der Waals surface area contributed by atoms with E-state index < -0.39 is 0 Å². The standard InChI is InChI=1S/C14H28N2O/c1-2-12-4-3-8-16(9-7-12)10-14(11-17)15-13-5-6-13/h12-15,17H,2-11H2,1H3. The number of rotatable bonds is 6. The summed E-state index contributed by atoms with van der Waals surface area (Å²) in [4.78, 5) is 2.55. The first-order valence-electron chi connectivity index (χ1n) is 7.41. The first-order chi connectivity index (χ1) is 8.31. The quantitative estimate of drug-likeness (QED) is 0.740. The Morgan fingerprint density at radius 1 is 1.24 bits per heavy atom. The molecule has 0 aromatic carbocycles. The minimum Gasteiger partial charge on any atom is -0.395 e. The zero-order valence-corrected chi connectivity index (χ0v) is 11.2. The maximum Gasteiger partial charge on any atom is 0.0597 e. The zero-order valence-electron chi connectivity index (χ0n) is 11.2. The highest BCUT2D eigenvalue weighted by Crippen LogP contribution is 2.22. The van der Waals surface area contributed by atoms with Crippen LogP contribution in [0.25, 0.3) is 0 Å². The number of hydrogen-bond donors (Lipinski definition) is 2. The summed E-state index contributed by atoms with van der Waals surface area (Å²) < 4.78 is 0. The molecule has 1 heterocycles. The van der Waals surface area contributed by atoms with Crippen LogP contribution in [0.4, 0.5) is 0 Å². The van der Waals surface area contributed by atoms with Crippen molar-refractivity contribution in [2.45, 2.75) is 57.5 Å². The molecule has 100 valence electrons. The van der Waals surface area contributed by atoms with Crippen molar-refractivity contribution >= 4 is 0 Å². The number of aliphatic hydroxyl groups is 1. The lowest BCUT2D eigenvalue weighted by molar-refractivity contribution is 0.182. The summed E-state index contributed by atoms with van der Waals surface area (Å²) >= 11 is 0. The van der Waals surface area contributed by atoms with Crippen molar-refractivity contribution in [2.24, 2.45) is 5.92 Å². The van der Waals surface area contributed by atoms with E-state index in [0.29, 0.717) is 12.1 Å². The fourth-order valence-corrected chi connectivity index (χ4v) is 2.87. The van der Waals surface area contributed by atoms with Gasteiger partial charge in [-0.2, -0.15) is 0 Å². The maximum atomic E-state index is 9.41. The molecule has 1 aliphatic carbocycles. The lowest BCUT2D eigenvalue weighted by Crippen LogP contribution is -2.44. The molecule has 1 saturated heterocycles. The van der Waals surface area contributed by atoms with Gasteiger partial charge in [0.25, 0.3) is 0 Å².